The third-order valence-electron chi connectivity index (χ3n) is 3.29. The highest BCUT2D eigenvalue weighted by molar-refractivity contribution is 7.89. The highest BCUT2D eigenvalue weighted by atomic mass is 32.2. The number of hydrogen-bond donors (Lipinski definition) is 2. The molecule has 0 saturated heterocycles. The lowest BCUT2D eigenvalue weighted by atomic mass is 10.3. The van der Waals surface area contributed by atoms with E-state index in [1.807, 2.05) is 0 Å². The molecule has 136 valence electrons. The molecular formula is C15H20N4O5S. The lowest BCUT2D eigenvalue weighted by Gasteiger charge is -2.11. The van der Waals surface area contributed by atoms with Crippen LogP contribution in [0.3, 0.4) is 0 Å². The van der Waals surface area contributed by atoms with Crippen LogP contribution in [-0.2, 0) is 21.9 Å². The van der Waals surface area contributed by atoms with Crippen LogP contribution in [0.2, 0.25) is 0 Å². The first-order valence-corrected chi connectivity index (χ1v) is 8.85. The van der Waals surface area contributed by atoms with E-state index in [0.29, 0.717) is 17.3 Å². The molecule has 1 aromatic heterocycles. The summed E-state index contributed by atoms with van der Waals surface area (Å²) in [7, 11) is 0.845. The smallest absolute Gasteiger partial charge is 0.240 e. The topological polar surface area (TPSA) is 112 Å². The van der Waals surface area contributed by atoms with Gasteiger partial charge in [-0.2, -0.15) is 5.10 Å². The number of sulfonamides is 1. The van der Waals surface area contributed by atoms with Gasteiger partial charge in [-0.05, 0) is 12.1 Å². The molecule has 0 bridgehead atoms. The number of ether oxygens (including phenoxy) is 2. The van der Waals surface area contributed by atoms with Crippen LogP contribution in [-0.4, -0.2) is 44.9 Å². The van der Waals surface area contributed by atoms with E-state index in [4.69, 9.17) is 9.47 Å². The molecule has 1 heterocycles. The molecule has 10 heteroatoms. The van der Waals surface area contributed by atoms with Crippen molar-refractivity contribution >= 4 is 21.7 Å². The van der Waals surface area contributed by atoms with Crippen LogP contribution in [0.5, 0.6) is 11.5 Å². The second kappa shape index (κ2) is 7.99. The summed E-state index contributed by atoms with van der Waals surface area (Å²) in [6.45, 7) is -0.0463. The average Bonchev–Trinajstić information content (AvgIpc) is 2.98. The molecule has 1 aromatic carbocycles. The van der Waals surface area contributed by atoms with Gasteiger partial charge in [0.2, 0.25) is 15.9 Å². The number of methoxy groups -OCH3 is 2. The summed E-state index contributed by atoms with van der Waals surface area (Å²) in [5.74, 6) is 0.804. The van der Waals surface area contributed by atoms with Crippen molar-refractivity contribution in [1.82, 2.24) is 14.5 Å². The molecule has 0 unspecified atom stereocenters. The second-order valence-electron chi connectivity index (χ2n) is 5.09. The first kappa shape index (κ1) is 18.7. The maximum atomic E-state index is 12.3. The van der Waals surface area contributed by atoms with Crippen LogP contribution in [0.4, 0.5) is 5.82 Å². The Morgan fingerprint density at radius 3 is 2.52 bits per heavy atom. The Balaban J connectivity index is 1.94. The summed E-state index contributed by atoms with van der Waals surface area (Å²) >= 11 is 0. The molecule has 0 aliphatic carbocycles. The van der Waals surface area contributed by atoms with Crippen LogP contribution in [0.25, 0.3) is 0 Å². The molecule has 1 amide bonds. The fourth-order valence-corrected chi connectivity index (χ4v) is 3.10. The minimum atomic E-state index is -3.77. The molecule has 0 aliphatic heterocycles. The maximum absolute atomic E-state index is 12.3. The SMILES string of the molecule is COc1ccc(S(=O)(=O)NCCC(=O)Nc2ccn(C)n2)cc1OC. The van der Waals surface area contributed by atoms with Crippen LogP contribution in [0.15, 0.2) is 35.4 Å². The van der Waals surface area contributed by atoms with Crippen LogP contribution in [0, 0.1) is 0 Å². The highest BCUT2D eigenvalue weighted by Gasteiger charge is 2.17. The monoisotopic (exact) mass is 368 g/mol. The first-order chi connectivity index (χ1) is 11.9. The van der Waals surface area contributed by atoms with E-state index >= 15 is 0 Å². The van der Waals surface area contributed by atoms with E-state index in [1.54, 1.807) is 24.0 Å². The van der Waals surface area contributed by atoms with Gasteiger partial charge in [0.15, 0.2) is 17.3 Å². The molecule has 25 heavy (non-hydrogen) atoms. The molecule has 2 N–H and O–H groups in total. The third kappa shape index (κ3) is 4.94. The summed E-state index contributed by atoms with van der Waals surface area (Å²) in [4.78, 5) is 11.8. The number of anilines is 1. The van der Waals surface area contributed by atoms with Gasteiger partial charge >= 0.3 is 0 Å². The van der Waals surface area contributed by atoms with Gasteiger partial charge in [-0.1, -0.05) is 0 Å². The van der Waals surface area contributed by atoms with Gasteiger partial charge in [-0.15, -0.1) is 0 Å². The molecule has 0 aliphatic rings. The largest absolute Gasteiger partial charge is 0.493 e. The Labute approximate surface area is 146 Å². The highest BCUT2D eigenvalue weighted by Crippen LogP contribution is 2.29. The summed E-state index contributed by atoms with van der Waals surface area (Å²) in [5, 5.41) is 6.59. The van der Waals surface area contributed by atoms with Crippen molar-refractivity contribution in [2.45, 2.75) is 11.3 Å². The molecule has 2 aromatic rings. The number of carbonyl (C=O) groups is 1. The van der Waals surface area contributed by atoms with Crippen LogP contribution < -0.4 is 19.5 Å². The minimum Gasteiger partial charge on any atom is -0.493 e. The Morgan fingerprint density at radius 1 is 1.20 bits per heavy atom. The number of benzene rings is 1. The molecule has 2 rings (SSSR count). The van der Waals surface area contributed by atoms with Crippen molar-refractivity contribution in [2.75, 3.05) is 26.1 Å². The normalized spacial score (nSPS) is 11.2. The number of hydrogen-bond acceptors (Lipinski definition) is 6. The number of aryl methyl sites for hydroxylation is 1. The molecule has 0 atom stereocenters. The molecule has 0 saturated carbocycles. The number of nitrogens with one attached hydrogen (secondary N) is 2. The van der Waals surface area contributed by atoms with E-state index in [9.17, 15) is 13.2 Å². The quantitative estimate of drug-likeness (QED) is 0.711. The van der Waals surface area contributed by atoms with E-state index in [-0.39, 0.29) is 23.8 Å². The number of carbonyl (C=O) groups excluding carboxylic acids is 1. The zero-order valence-electron chi connectivity index (χ0n) is 14.1. The van der Waals surface area contributed by atoms with E-state index < -0.39 is 10.0 Å². The number of rotatable bonds is 8. The average molecular weight is 368 g/mol. The second-order valence-corrected chi connectivity index (χ2v) is 6.85. The van der Waals surface area contributed by atoms with Gasteiger partial charge in [0.05, 0.1) is 19.1 Å². The Bertz CT molecular complexity index is 847. The fraction of sp³-hybridized carbons (Fsp3) is 0.333. The van der Waals surface area contributed by atoms with Crippen molar-refractivity contribution in [3.63, 3.8) is 0 Å². The molecule has 0 fully saturated rings. The Kier molecular flexibility index (Phi) is 5.99. The molecule has 9 nitrogen and oxygen atoms in total. The van der Waals surface area contributed by atoms with Crippen molar-refractivity contribution in [3.8, 4) is 11.5 Å². The van der Waals surface area contributed by atoms with Gasteiger partial charge in [-0.3, -0.25) is 9.48 Å². The standard InChI is InChI=1S/C15H20N4O5S/c1-19-9-7-14(18-19)17-15(20)6-8-16-25(21,22)11-4-5-12(23-2)13(10-11)24-3/h4-5,7,9-10,16H,6,8H2,1-3H3,(H,17,18,20). The fourth-order valence-electron chi connectivity index (χ4n) is 2.05. The number of aromatic nitrogens is 2. The summed E-state index contributed by atoms with van der Waals surface area (Å²) in [6.07, 6.45) is 1.67. The van der Waals surface area contributed by atoms with E-state index in [1.165, 1.54) is 32.4 Å². The summed E-state index contributed by atoms with van der Waals surface area (Å²) < 4.78 is 38.7. The Morgan fingerprint density at radius 2 is 1.92 bits per heavy atom. The van der Waals surface area contributed by atoms with Crippen molar-refractivity contribution < 1.29 is 22.7 Å². The zero-order valence-corrected chi connectivity index (χ0v) is 15.0. The Hall–Kier alpha value is -2.59. The van der Waals surface area contributed by atoms with Gasteiger partial charge in [-0.25, -0.2) is 13.1 Å². The predicted molar refractivity (Wildman–Crippen MR) is 91.2 cm³/mol. The van der Waals surface area contributed by atoms with Crippen molar-refractivity contribution in [1.29, 1.82) is 0 Å². The third-order valence-corrected chi connectivity index (χ3v) is 4.75. The predicted octanol–water partition coefficient (Wildman–Crippen LogP) is 0.744. The number of nitrogens with zero attached hydrogens (tertiary/aromatic N) is 2. The van der Waals surface area contributed by atoms with Gasteiger partial charge in [0, 0.05) is 38.3 Å². The van der Waals surface area contributed by atoms with E-state index in [0.717, 1.165) is 0 Å². The molecular weight excluding hydrogens is 348 g/mol. The lowest BCUT2D eigenvalue weighted by molar-refractivity contribution is -0.116. The zero-order chi connectivity index (χ0) is 18.4. The van der Waals surface area contributed by atoms with Gasteiger partial charge < -0.3 is 14.8 Å². The van der Waals surface area contributed by atoms with Gasteiger partial charge in [0.1, 0.15) is 0 Å². The molecule has 0 spiro atoms. The van der Waals surface area contributed by atoms with E-state index in [2.05, 4.69) is 15.1 Å². The number of amides is 1. The summed E-state index contributed by atoms with van der Waals surface area (Å²) in [5.41, 5.74) is 0. The lowest BCUT2D eigenvalue weighted by Crippen LogP contribution is -2.28. The van der Waals surface area contributed by atoms with Gasteiger partial charge in [0.25, 0.3) is 0 Å². The molecule has 0 radical (unpaired) electrons. The minimum absolute atomic E-state index is 0.0234. The first-order valence-electron chi connectivity index (χ1n) is 7.37. The van der Waals surface area contributed by atoms with Crippen LogP contribution in [0.1, 0.15) is 6.42 Å². The van der Waals surface area contributed by atoms with Crippen molar-refractivity contribution in [2.24, 2.45) is 7.05 Å². The van der Waals surface area contributed by atoms with Crippen molar-refractivity contribution in [3.05, 3.63) is 30.5 Å². The maximum Gasteiger partial charge on any atom is 0.240 e. The summed E-state index contributed by atoms with van der Waals surface area (Å²) in [6, 6.07) is 5.90. The van der Waals surface area contributed by atoms with Crippen LogP contribution >= 0.6 is 0 Å².